The number of carboxylic acids is 1. The lowest BCUT2D eigenvalue weighted by molar-refractivity contribution is -0.134. The number of nitrogens with one attached hydrogen (secondary N) is 1. The number of aromatic nitrogens is 3. The van der Waals surface area contributed by atoms with Crippen molar-refractivity contribution in [2.75, 3.05) is 6.61 Å². The predicted octanol–water partition coefficient (Wildman–Crippen LogP) is 1.24. The highest BCUT2D eigenvalue weighted by Gasteiger charge is 2.39. The number of hydrogen-bond donors (Lipinski definition) is 3. The SMILES string of the molecule is CCC(CC)O[C@@H]1CC(C(=O)O)=C[C@H](n2cc(CCCO)nn2)[C@H]1NC(C)=O. The summed E-state index contributed by atoms with van der Waals surface area (Å²) < 4.78 is 7.76. The largest absolute Gasteiger partial charge is 0.478 e. The molecule has 1 amide bonds. The molecular weight excluding hydrogens is 364 g/mol. The molecule has 1 aromatic heterocycles. The molecule has 156 valence electrons. The first-order chi connectivity index (χ1) is 13.4. The van der Waals surface area contributed by atoms with Crippen LogP contribution < -0.4 is 5.32 Å². The molecule has 0 aromatic carbocycles. The lowest BCUT2D eigenvalue weighted by Gasteiger charge is -2.38. The van der Waals surface area contributed by atoms with E-state index >= 15 is 0 Å². The van der Waals surface area contributed by atoms with Gasteiger partial charge in [0.25, 0.3) is 0 Å². The highest BCUT2D eigenvalue weighted by molar-refractivity contribution is 5.87. The van der Waals surface area contributed by atoms with E-state index in [9.17, 15) is 14.7 Å². The second-order valence-electron chi connectivity index (χ2n) is 7.05. The summed E-state index contributed by atoms with van der Waals surface area (Å²) >= 11 is 0. The smallest absolute Gasteiger partial charge is 0.331 e. The van der Waals surface area contributed by atoms with Crippen molar-refractivity contribution in [3.63, 3.8) is 0 Å². The van der Waals surface area contributed by atoms with Crippen LogP contribution in [0.3, 0.4) is 0 Å². The third-order valence-corrected chi connectivity index (χ3v) is 4.94. The van der Waals surface area contributed by atoms with E-state index in [1.807, 2.05) is 13.8 Å². The number of amides is 1. The van der Waals surface area contributed by atoms with E-state index < -0.39 is 24.2 Å². The minimum absolute atomic E-state index is 0.0223. The van der Waals surface area contributed by atoms with Crippen LogP contribution in [-0.4, -0.2) is 61.9 Å². The minimum atomic E-state index is -1.01. The van der Waals surface area contributed by atoms with Crippen LogP contribution in [0, 0.1) is 0 Å². The van der Waals surface area contributed by atoms with Crippen LogP contribution in [0.2, 0.25) is 0 Å². The molecule has 1 aliphatic carbocycles. The molecule has 0 spiro atoms. The third-order valence-electron chi connectivity index (χ3n) is 4.94. The number of aliphatic carboxylic acids is 1. The number of carbonyl (C=O) groups is 2. The van der Waals surface area contributed by atoms with Gasteiger partial charge in [-0.25, -0.2) is 9.48 Å². The van der Waals surface area contributed by atoms with E-state index in [1.165, 1.54) is 6.92 Å². The Balaban J connectivity index is 2.38. The molecule has 1 heterocycles. The Bertz CT molecular complexity index is 698. The Morgan fingerprint density at radius 1 is 1.39 bits per heavy atom. The third kappa shape index (κ3) is 5.62. The number of ether oxygens (including phenoxy) is 1. The van der Waals surface area contributed by atoms with Gasteiger partial charge >= 0.3 is 5.97 Å². The lowest BCUT2D eigenvalue weighted by Crippen LogP contribution is -2.52. The van der Waals surface area contributed by atoms with Crippen LogP contribution in [0.1, 0.15) is 58.2 Å². The molecule has 0 bridgehead atoms. The molecule has 0 aliphatic heterocycles. The van der Waals surface area contributed by atoms with Crippen LogP contribution in [0.25, 0.3) is 0 Å². The van der Waals surface area contributed by atoms with Gasteiger partial charge in [-0.3, -0.25) is 4.79 Å². The van der Waals surface area contributed by atoms with Crippen molar-refractivity contribution in [2.24, 2.45) is 0 Å². The molecular formula is C19H30N4O5. The maximum absolute atomic E-state index is 11.8. The Hall–Kier alpha value is -2.26. The highest BCUT2D eigenvalue weighted by Crippen LogP contribution is 2.31. The molecule has 2 rings (SSSR count). The first-order valence-electron chi connectivity index (χ1n) is 9.77. The van der Waals surface area contributed by atoms with E-state index in [2.05, 4.69) is 15.6 Å². The summed E-state index contributed by atoms with van der Waals surface area (Å²) in [5.74, 6) is -1.23. The topological polar surface area (TPSA) is 127 Å². The summed E-state index contributed by atoms with van der Waals surface area (Å²) in [5.41, 5.74) is 0.930. The van der Waals surface area contributed by atoms with Crippen molar-refractivity contribution in [1.82, 2.24) is 20.3 Å². The van der Waals surface area contributed by atoms with Gasteiger partial charge in [0, 0.05) is 31.7 Å². The zero-order chi connectivity index (χ0) is 20.7. The highest BCUT2D eigenvalue weighted by atomic mass is 16.5. The maximum atomic E-state index is 11.8. The summed E-state index contributed by atoms with van der Waals surface area (Å²) in [4.78, 5) is 23.5. The van der Waals surface area contributed by atoms with Crippen molar-refractivity contribution < 1.29 is 24.5 Å². The number of carboxylic acid groups (broad SMARTS) is 1. The van der Waals surface area contributed by atoms with Gasteiger partial charge < -0.3 is 20.3 Å². The van der Waals surface area contributed by atoms with Crippen LogP contribution in [0.4, 0.5) is 0 Å². The fraction of sp³-hybridized carbons (Fsp3) is 0.684. The number of aliphatic hydroxyl groups is 1. The van der Waals surface area contributed by atoms with Gasteiger partial charge in [-0.2, -0.15) is 0 Å². The molecule has 1 aliphatic rings. The van der Waals surface area contributed by atoms with Gasteiger partial charge in [-0.15, -0.1) is 5.10 Å². The number of carbonyl (C=O) groups excluding carboxylic acids is 1. The number of hydrogen-bond acceptors (Lipinski definition) is 6. The quantitative estimate of drug-likeness (QED) is 0.545. The second-order valence-corrected chi connectivity index (χ2v) is 7.05. The summed E-state index contributed by atoms with van der Waals surface area (Å²) in [6.45, 7) is 5.51. The average molecular weight is 394 g/mol. The molecule has 0 saturated heterocycles. The van der Waals surface area contributed by atoms with Gasteiger partial charge in [-0.05, 0) is 31.8 Å². The molecule has 0 saturated carbocycles. The Labute approximate surface area is 164 Å². The molecule has 9 nitrogen and oxygen atoms in total. The van der Waals surface area contributed by atoms with Crippen LogP contribution in [0.5, 0.6) is 0 Å². The molecule has 0 fully saturated rings. The van der Waals surface area contributed by atoms with Gasteiger partial charge in [0.15, 0.2) is 0 Å². The number of aryl methyl sites for hydroxylation is 1. The van der Waals surface area contributed by atoms with Crippen molar-refractivity contribution in [2.45, 2.75) is 77.2 Å². The van der Waals surface area contributed by atoms with Gasteiger partial charge in [0.1, 0.15) is 0 Å². The summed E-state index contributed by atoms with van der Waals surface area (Å²) in [6.07, 6.45) is 5.76. The van der Waals surface area contributed by atoms with Crippen molar-refractivity contribution >= 4 is 11.9 Å². The monoisotopic (exact) mass is 394 g/mol. The fourth-order valence-electron chi connectivity index (χ4n) is 3.45. The normalized spacial score (nSPS) is 22.2. The Morgan fingerprint density at radius 3 is 2.68 bits per heavy atom. The second kappa shape index (κ2) is 10.3. The van der Waals surface area contributed by atoms with Crippen molar-refractivity contribution in [3.8, 4) is 0 Å². The Kier molecular flexibility index (Phi) is 8.13. The van der Waals surface area contributed by atoms with Crippen molar-refractivity contribution in [3.05, 3.63) is 23.5 Å². The molecule has 3 N–H and O–H groups in total. The molecule has 0 radical (unpaired) electrons. The van der Waals surface area contributed by atoms with E-state index in [1.54, 1.807) is 17.0 Å². The number of nitrogens with zero attached hydrogens (tertiary/aromatic N) is 3. The van der Waals surface area contributed by atoms with Crippen molar-refractivity contribution in [1.29, 1.82) is 0 Å². The summed E-state index contributed by atoms with van der Waals surface area (Å²) in [7, 11) is 0. The maximum Gasteiger partial charge on any atom is 0.331 e. The average Bonchev–Trinajstić information content (AvgIpc) is 3.13. The first-order valence-corrected chi connectivity index (χ1v) is 9.77. The molecule has 9 heteroatoms. The number of rotatable bonds is 10. The Morgan fingerprint density at radius 2 is 2.11 bits per heavy atom. The summed E-state index contributed by atoms with van der Waals surface area (Å²) in [5, 5.41) is 29.7. The zero-order valence-corrected chi connectivity index (χ0v) is 16.7. The van der Waals surface area contributed by atoms with E-state index in [0.717, 1.165) is 12.8 Å². The summed E-state index contributed by atoms with van der Waals surface area (Å²) in [6, 6.07) is -0.993. The predicted molar refractivity (Wildman–Crippen MR) is 102 cm³/mol. The van der Waals surface area contributed by atoms with Crippen LogP contribution in [0.15, 0.2) is 17.8 Å². The number of aliphatic hydroxyl groups excluding tert-OH is 1. The molecule has 28 heavy (non-hydrogen) atoms. The van der Waals surface area contributed by atoms with Gasteiger partial charge in [-0.1, -0.05) is 19.1 Å². The van der Waals surface area contributed by atoms with Crippen LogP contribution >= 0.6 is 0 Å². The molecule has 1 aromatic rings. The van der Waals surface area contributed by atoms with Gasteiger partial charge in [0.05, 0.1) is 30.0 Å². The van der Waals surface area contributed by atoms with Gasteiger partial charge in [0.2, 0.25) is 5.91 Å². The van der Waals surface area contributed by atoms with E-state index in [-0.39, 0.29) is 30.6 Å². The lowest BCUT2D eigenvalue weighted by atomic mass is 9.87. The standard InChI is InChI=1S/C19H30N4O5/c1-4-15(5-2)28-17-10-13(19(26)27)9-16(18(17)20-12(3)25)23-11-14(21-22-23)7-6-8-24/h9,11,15-18,24H,4-8,10H2,1-3H3,(H,20,25)(H,26,27)/t16-,17+,18+/m0/s1. The van der Waals surface area contributed by atoms with E-state index in [0.29, 0.717) is 18.5 Å². The first kappa shape index (κ1) is 22.0. The van der Waals surface area contributed by atoms with E-state index in [4.69, 9.17) is 9.84 Å². The minimum Gasteiger partial charge on any atom is -0.478 e. The molecule has 0 unspecified atom stereocenters. The van der Waals surface area contributed by atoms with Crippen LogP contribution in [-0.2, 0) is 20.7 Å². The zero-order valence-electron chi connectivity index (χ0n) is 16.7. The molecule has 3 atom stereocenters. The fourth-order valence-corrected chi connectivity index (χ4v) is 3.45.